The van der Waals surface area contributed by atoms with E-state index < -0.39 is 24.2 Å². The summed E-state index contributed by atoms with van der Waals surface area (Å²) in [5.74, 6) is -2.63. The van der Waals surface area contributed by atoms with E-state index in [0.29, 0.717) is 0 Å². The zero-order valence-corrected chi connectivity index (χ0v) is 6.33. The maximum atomic E-state index is 12.9. The lowest BCUT2D eigenvalue weighted by molar-refractivity contribution is 0.420. The summed E-state index contributed by atoms with van der Waals surface area (Å²) >= 11 is 0. The smallest absolute Gasteiger partial charge is 0.423 e. The fraction of sp³-hybridized carbons (Fsp3) is 0. The Morgan fingerprint density at radius 2 is 1.92 bits per heavy atom. The van der Waals surface area contributed by atoms with Crippen LogP contribution >= 0.6 is 0 Å². The van der Waals surface area contributed by atoms with Gasteiger partial charge in [0.15, 0.2) is 11.6 Å². The van der Waals surface area contributed by atoms with E-state index in [1.807, 2.05) is 0 Å². The molecule has 13 heavy (non-hydrogen) atoms. The van der Waals surface area contributed by atoms with Crippen LogP contribution in [0, 0.1) is 23.0 Å². The second-order valence-corrected chi connectivity index (χ2v) is 2.31. The van der Waals surface area contributed by atoms with E-state index >= 15 is 0 Å². The molecule has 0 amide bonds. The molecular formula is C7H4BF2NO2. The highest BCUT2D eigenvalue weighted by Crippen LogP contribution is 2.06. The summed E-state index contributed by atoms with van der Waals surface area (Å²) < 4.78 is 25.4. The summed E-state index contributed by atoms with van der Waals surface area (Å²) in [6.45, 7) is 0. The number of hydrogen-bond acceptors (Lipinski definition) is 3. The van der Waals surface area contributed by atoms with Crippen molar-refractivity contribution in [1.29, 1.82) is 5.26 Å². The van der Waals surface area contributed by atoms with Gasteiger partial charge in [0.05, 0.1) is 11.6 Å². The lowest BCUT2D eigenvalue weighted by Gasteiger charge is -2.03. The Morgan fingerprint density at radius 1 is 1.31 bits per heavy atom. The summed E-state index contributed by atoms with van der Waals surface area (Å²) in [6.07, 6.45) is 0. The van der Waals surface area contributed by atoms with E-state index in [0.717, 1.165) is 12.1 Å². The van der Waals surface area contributed by atoms with Gasteiger partial charge >= 0.3 is 7.12 Å². The zero-order valence-electron chi connectivity index (χ0n) is 6.33. The van der Waals surface area contributed by atoms with E-state index in [1.54, 1.807) is 0 Å². The van der Waals surface area contributed by atoms with Gasteiger partial charge in [-0.3, -0.25) is 0 Å². The predicted octanol–water partition coefficient (Wildman–Crippen LogP) is -0.484. The molecular weight excluding hydrogens is 179 g/mol. The molecule has 1 aromatic carbocycles. The minimum absolute atomic E-state index is 0.297. The first-order valence-corrected chi connectivity index (χ1v) is 3.32. The normalized spacial score (nSPS) is 9.46. The Hall–Kier alpha value is -1.45. The van der Waals surface area contributed by atoms with E-state index in [9.17, 15) is 8.78 Å². The van der Waals surface area contributed by atoms with Gasteiger partial charge in [-0.15, -0.1) is 0 Å². The maximum Gasteiger partial charge on any atom is 0.492 e. The fourth-order valence-corrected chi connectivity index (χ4v) is 0.916. The number of benzene rings is 1. The van der Waals surface area contributed by atoms with Crippen LogP contribution in [-0.2, 0) is 0 Å². The van der Waals surface area contributed by atoms with Gasteiger partial charge in [-0.05, 0) is 12.1 Å². The molecule has 0 aliphatic heterocycles. The van der Waals surface area contributed by atoms with Crippen LogP contribution in [0.3, 0.4) is 0 Å². The van der Waals surface area contributed by atoms with Crippen LogP contribution in [0.2, 0.25) is 0 Å². The third-order valence-electron chi connectivity index (χ3n) is 1.51. The number of hydrogen-bond donors (Lipinski definition) is 2. The number of rotatable bonds is 1. The molecule has 3 nitrogen and oxygen atoms in total. The molecule has 0 bridgehead atoms. The Balaban J connectivity index is 3.43. The van der Waals surface area contributed by atoms with Crippen molar-refractivity contribution < 1.29 is 18.8 Å². The third-order valence-corrected chi connectivity index (χ3v) is 1.51. The average Bonchev–Trinajstić information content (AvgIpc) is 2.08. The second kappa shape index (κ2) is 3.52. The van der Waals surface area contributed by atoms with Gasteiger partial charge in [0, 0.05) is 5.46 Å². The molecule has 1 aromatic rings. The average molecular weight is 183 g/mol. The zero-order chi connectivity index (χ0) is 10.0. The highest BCUT2D eigenvalue weighted by atomic mass is 19.2. The van der Waals surface area contributed by atoms with Crippen LogP contribution in [0.15, 0.2) is 12.1 Å². The number of nitrogens with zero attached hydrogens (tertiary/aromatic N) is 1. The lowest BCUT2D eigenvalue weighted by Crippen LogP contribution is -2.36. The van der Waals surface area contributed by atoms with Crippen LogP contribution in [0.25, 0.3) is 0 Å². The lowest BCUT2D eigenvalue weighted by atomic mass is 9.76. The monoisotopic (exact) mass is 183 g/mol. The van der Waals surface area contributed by atoms with Gasteiger partial charge in [0.2, 0.25) is 0 Å². The minimum atomic E-state index is -2.19. The van der Waals surface area contributed by atoms with Crippen molar-refractivity contribution in [2.24, 2.45) is 0 Å². The molecule has 2 N–H and O–H groups in total. The molecule has 0 saturated carbocycles. The van der Waals surface area contributed by atoms with Crippen molar-refractivity contribution >= 4 is 12.6 Å². The molecule has 1 rings (SSSR count). The van der Waals surface area contributed by atoms with E-state index in [2.05, 4.69) is 0 Å². The summed E-state index contributed by atoms with van der Waals surface area (Å²) in [5.41, 5.74) is -1.03. The first-order chi connectivity index (χ1) is 6.07. The molecule has 0 atom stereocenters. The summed E-state index contributed by atoms with van der Waals surface area (Å²) in [6, 6.07) is 3.25. The Morgan fingerprint density at radius 3 is 2.38 bits per heavy atom. The van der Waals surface area contributed by atoms with Gasteiger partial charge in [-0.25, -0.2) is 8.78 Å². The molecule has 66 valence electrons. The Kier molecular flexibility index (Phi) is 2.61. The SMILES string of the molecule is N#Cc1ccc(F)c(F)c1B(O)O. The molecule has 0 saturated heterocycles. The first kappa shape index (κ1) is 9.64. The third kappa shape index (κ3) is 1.66. The van der Waals surface area contributed by atoms with Gasteiger partial charge < -0.3 is 10.0 Å². The minimum Gasteiger partial charge on any atom is -0.423 e. The van der Waals surface area contributed by atoms with E-state index in [-0.39, 0.29) is 5.56 Å². The van der Waals surface area contributed by atoms with Gasteiger partial charge in [0.25, 0.3) is 0 Å². The molecule has 0 aliphatic carbocycles. The van der Waals surface area contributed by atoms with Gasteiger partial charge in [-0.1, -0.05) is 0 Å². The molecule has 0 spiro atoms. The highest BCUT2D eigenvalue weighted by molar-refractivity contribution is 6.59. The van der Waals surface area contributed by atoms with Gasteiger partial charge in [0.1, 0.15) is 0 Å². The molecule has 0 aliphatic rings. The van der Waals surface area contributed by atoms with Crippen molar-refractivity contribution in [2.45, 2.75) is 0 Å². The maximum absolute atomic E-state index is 12.9. The Labute approximate surface area is 73.0 Å². The quantitative estimate of drug-likeness (QED) is 0.577. The van der Waals surface area contributed by atoms with Crippen LogP contribution < -0.4 is 5.46 Å². The molecule has 0 unspecified atom stereocenters. The topological polar surface area (TPSA) is 64.2 Å². The fourth-order valence-electron chi connectivity index (χ4n) is 0.916. The molecule has 6 heteroatoms. The molecule has 0 radical (unpaired) electrons. The van der Waals surface area contributed by atoms with E-state index in [4.69, 9.17) is 15.3 Å². The van der Waals surface area contributed by atoms with Gasteiger partial charge in [-0.2, -0.15) is 5.26 Å². The summed E-state index contributed by atoms with van der Waals surface area (Å²) in [4.78, 5) is 0. The van der Waals surface area contributed by atoms with Crippen molar-refractivity contribution in [3.05, 3.63) is 29.3 Å². The van der Waals surface area contributed by atoms with Crippen molar-refractivity contribution in [3.8, 4) is 6.07 Å². The van der Waals surface area contributed by atoms with E-state index in [1.165, 1.54) is 6.07 Å². The van der Waals surface area contributed by atoms with Crippen LogP contribution in [0.4, 0.5) is 8.78 Å². The first-order valence-electron chi connectivity index (χ1n) is 3.32. The predicted molar refractivity (Wildman–Crippen MR) is 40.9 cm³/mol. The highest BCUT2D eigenvalue weighted by Gasteiger charge is 2.23. The molecule has 0 aromatic heterocycles. The number of nitriles is 1. The van der Waals surface area contributed by atoms with Crippen molar-refractivity contribution in [1.82, 2.24) is 0 Å². The van der Waals surface area contributed by atoms with Crippen molar-refractivity contribution in [3.63, 3.8) is 0 Å². The summed E-state index contributed by atoms with van der Waals surface area (Å²) in [7, 11) is -2.19. The summed E-state index contributed by atoms with van der Waals surface area (Å²) in [5, 5.41) is 25.7. The van der Waals surface area contributed by atoms with Crippen LogP contribution in [-0.4, -0.2) is 17.2 Å². The second-order valence-electron chi connectivity index (χ2n) is 2.31. The molecule has 0 heterocycles. The van der Waals surface area contributed by atoms with Crippen LogP contribution in [0.5, 0.6) is 0 Å². The Bertz CT molecular complexity index is 375. The number of halogens is 2. The standard InChI is InChI=1S/C7H4BF2NO2/c9-5-2-1-4(3-11)6(7(5)10)8(12)13/h1-2,12-13H. The van der Waals surface area contributed by atoms with Crippen molar-refractivity contribution in [2.75, 3.05) is 0 Å². The van der Waals surface area contributed by atoms with Crippen LogP contribution in [0.1, 0.15) is 5.56 Å². The molecule has 0 fully saturated rings. The largest absolute Gasteiger partial charge is 0.492 e.